The molecule has 0 heterocycles. The summed E-state index contributed by atoms with van der Waals surface area (Å²) in [5.74, 6) is 0.646. The Morgan fingerprint density at radius 2 is 1.77 bits per heavy atom. The largest absolute Gasteiger partial charge is 0.508 e. The van der Waals surface area contributed by atoms with E-state index in [1.54, 1.807) is 38.3 Å². The Bertz CT molecular complexity index is 608. The Kier molecular flexibility index (Phi) is 5.72. The summed E-state index contributed by atoms with van der Waals surface area (Å²) >= 11 is 1.39. The molecule has 0 amide bonds. The van der Waals surface area contributed by atoms with E-state index in [1.807, 2.05) is 24.3 Å². The van der Waals surface area contributed by atoms with E-state index in [0.29, 0.717) is 6.61 Å². The second kappa shape index (κ2) is 7.75. The third-order valence-corrected chi connectivity index (χ3v) is 4.25. The van der Waals surface area contributed by atoms with Crippen LogP contribution in [0.2, 0.25) is 0 Å². The number of benzene rings is 2. The number of carbonyl (C=O) groups excluding carboxylic acids is 1. The number of ether oxygens (including phenoxy) is 2. The molecule has 0 aliphatic rings. The molecule has 2 aromatic rings. The van der Waals surface area contributed by atoms with Crippen molar-refractivity contribution < 1.29 is 19.4 Å². The molecule has 0 spiro atoms. The maximum absolute atomic E-state index is 12.2. The highest BCUT2D eigenvalue weighted by atomic mass is 32.2. The standard InChI is InChI=1S/C17H18O4S/c1-3-21-17(19)16(12-4-8-14(20-2)9-5-12)22-15-10-6-13(18)7-11-15/h4-11,16,18H,3H2,1-2H3/t16-/m0/s1. The lowest BCUT2D eigenvalue weighted by Gasteiger charge is -2.16. The first-order valence-corrected chi connectivity index (χ1v) is 7.78. The van der Waals surface area contributed by atoms with Gasteiger partial charge in [0.25, 0.3) is 0 Å². The van der Waals surface area contributed by atoms with Crippen molar-refractivity contribution in [1.82, 2.24) is 0 Å². The second-order valence-electron chi connectivity index (χ2n) is 4.52. The average molecular weight is 318 g/mol. The predicted molar refractivity (Wildman–Crippen MR) is 86.3 cm³/mol. The Labute approximate surface area is 134 Å². The van der Waals surface area contributed by atoms with Crippen LogP contribution in [0.4, 0.5) is 0 Å². The van der Waals surface area contributed by atoms with Gasteiger partial charge in [-0.3, -0.25) is 4.79 Å². The number of carbonyl (C=O) groups is 1. The van der Waals surface area contributed by atoms with Crippen LogP contribution in [-0.4, -0.2) is 24.8 Å². The van der Waals surface area contributed by atoms with Gasteiger partial charge in [0.1, 0.15) is 16.7 Å². The molecular formula is C17H18O4S. The van der Waals surface area contributed by atoms with Crippen LogP contribution in [0.25, 0.3) is 0 Å². The number of esters is 1. The molecule has 0 aliphatic carbocycles. The Morgan fingerprint density at radius 3 is 2.32 bits per heavy atom. The van der Waals surface area contributed by atoms with E-state index in [1.165, 1.54) is 11.8 Å². The van der Waals surface area contributed by atoms with Gasteiger partial charge in [-0.05, 0) is 48.9 Å². The van der Waals surface area contributed by atoms with Crippen molar-refractivity contribution in [3.8, 4) is 11.5 Å². The number of phenols is 1. The summed E-state index contributed by atoms with van der Waals surface area (Å²) in [5, 5.41) is 8.88. The van der Waals surface area contributed by atoms with Gasteiger partial charge in [0.2, 0.25) is 0 Å². The fourth-order valence-electron chi connectivity index (χ4n) is 1.91. The summed E-state index contributed by atoms with van der Waals surface area (Å²) < 4.78 is 10.3. The molecule has 0 saturated carbocycles. The maximum Gasteiger partial charge on any atom is 0.323 e. The van der Waals surface area contributed by atoms with Crippen molar-refractivity contribution in [2.24, 2.45) is 0 Å². The number of phenolic OH excluding ortho intramolecular Hbond substituents is 1. The number of methoxy groups -OCH3 is 1. The van der Waals surface area contributed by atoms with Crippen molar-refractivity contribution in [2.45, 2.75) is 17.1 Å². The van der Waals surface area contributed by atoms with Crippen LogP contribution in [-0.2, 0) is 9.53 Å². The highest BCUT2D eigenvalue weighted by Gasteiger charge is 2.23. The zero-order valence-electron chi connectivity index (χ0n) is 12.5. The van der Waals surface area contributed by atoms with E-state index in [4.69, 9.17) is 9.47 Å². The normalized spacial score (nSPS) is 11.7. The minimum absolute atomic E-state index is 0.196. The first-order chi connectivity index (χ1) is 10.6. The minimum Gasteiger partial charge on any atom is -0.508 e. The molecule has 0 aliphatic heterocycles. The van der Waals surface area contributed by atoms with Crippen LogP contribution in [0.1, 0.15) is 17.7 Å². The Hall–Kier alpha value is -2.14. The molecule has 0 bridgehead atoms. The van der Waals surface area contributed by atoms with Crippen molar-refractivity contribution in [3.63, 3.8) is 0 Å². The molecule has 2 aromatic carbocycles. The summed E-state index contributed by atoms with van der Waals surface area (Å²) in [5.41, 5.74) is 0.845. The molecule has 5 heteroatoms. The lowest BCUT2D eigenvalue weighted by molar-refractivity contribution is -0.142. The van der Waals surface area contributed by atoms with E-state index in [2.05, 4.69) is 0 Å². The highest BCUT2D eigenvalue weighted by molar-refractivity contribution is 8.00. The van der Waals surface area contributed by atoms with Gasteiger partial charge >= 0.3 is 5.97 Å². The summed E-state index contributed by atoms with van der Waals surface area (Å²) in [6.45, 7) is 2.12. The molecule has 0 fully saturated rings. The van der Waals surface area contributed by atoms with Gasteiger partial charge in [0, 0.05) is 4.90 Å². The van der Waals surface area contributed by atoms with Crippen molar-refractivity contribution in [2.75, 3.05) is 13.7 Å². The second-order valence-corrected chi connectivity index (χ2v) is 5.70. The zero-order valence-corrected chi connectivity index (χ0v) is 13.3. The van der Waals surface area contributed by atoms with Crippen molar-refractivity contribution in [1.29, 1.82) is 0 Å². The Morgan fingerprint density at radius 1 is 1.14 bits per heavy atom. The van der Waals surface area contributed by atoms with E-state index in [9.17, 15) is 9.90 Å². The monoisotopic (exact) mass is 318 g/mol. The summed E-state index contributed by atoms with van der Waals surface area (Å²) in [6, 6.07) is 14.1. The molecule has 4 nitrogen and oxygen atoms in total. The van der Waals surface area contributed by atoms with E-state index in [-0.39, 0.29) is 11.7 Å². The lowest BCUT2D eigenvalue weighted by atomic mass is 10.1. The Balaban J connectivity index is 2.24. The van der Waals surface area contributed by atoms with Gasteiger partial charge in [0.15, 0.2) is 0 Å². The van der Waals surface area contributed by atoms with Crippen LogP contribution in [0.15, 0.2) is 53.4 Å². The number of thioether (sulfide) groups is 1. The fraction of sp³-hybridized carbons (Fsp3) is 0.235. The van der Waals surface area contributed by atoms with Gasteiger partial charge in [-0.2, -0.15) is 0 Å². The van der Waals surface area contributed by atoms with E-state index >= 15 is 0 Å². The smallest absolute Gasteiger partial charge is 0.323 e. The van der Waals surface area contributed by atoms with Gasteiger partial charge < -0.3 is 14.6 Å². The first kappa shape index (κ1) is 16.2. The molecule has 0 unspecified atom stereocenters. The molecular weight excluding hydrogens is 300 g/mol. The van der Waals surface area contributed by atoms with Gasteiger partial charge in [-0.15, -0.1) is 11.8 Å². The van der Waals surface area contributed by atoms with Gasteiger partial charge in [0.05, 0.1) is 13.7 Å². The summed E-state index contributed by atoms with van der Waals surface area (Å²) in [6.07, 6.45) is 0. The maximum atomic E-state index is 12.2. The van der Waals surface area contributed by atoms with Gasteiger partial charge in [-0.1, -0.05) is 12.1 Å². The van der Waals surface area contributed by atoms with Crippen LogP contribution in [0, 0.1) is 0 Å². The van der Waals surface area contributed by atoms with Crippen LogP contribution < -0.4 is 4.74 Å². The molecule has 116 valence electrons. The lowest BCUT2D eigenvalue weighted by Crippen LogP contribution is -2.13. The molecule has 0 aromatic heterocycles. The molecule has 1 N–H and O–H groups in total. The minimum atomic E-state index is -0.463. The number of rotatable bonds is 6. The number of hydrogen-bond acceptors (Lipinski definition) is 5. The topological polar surface area (TPSA) is 55.8 Å². The molecule has 2 rings (SSSR count). The van der Waals surface area contributed by atoms with E-state index < -0.39 is 5.25 Å². The van der Waals surface area contributed by atoms with Crippen molar-refractivity contribution >= 4 is 17.7 Å². The molecule has 0 radical (unpaired) electrons. The van der Waals surface area contributed by atoms with Gasteiger partial charge in [-0.25, -0.2) is 0 Å². The number of hydrogen-bond donors (Lipinski definition) is 1. The molecule has 1 atom stereocenters. The zero-order chi connectivity index (χ0) is 15.9. The predicted octanol–water partition coefficient (Wildman–Crippen LogP) is 3.80. The summed E-state index contributed by atoms with van der Waals surface area (Å²) in [4.78, 5) is 13.1. The average Bonchev–Trinajstić information content (AvgIpc) is 2.54. The first-order valence-electron chi connectivity index (χ1n) is 6.90. The van der Waals surface area contributed by atoms with Crippen LogP contribution in [0.3, 0.4) is 0 Å². The highest BCUT2D eigenvalue weighted by Crippen LogP contribution is 2.37. The molecule has 22 heavy (non-hydrogen) atoms. The van der Waals surface area contributed by atoms with Crippen molar-refractivity contribution in [3.05, 3.63) is 54.1 Å². The third-order valence-electron chi connectivity index (χ3n) is 3.01. The number of aromatic hydroxyl groups is 1. The fourth-order valence-corrected chi connectivity index (χ4v) is 2.93. The van der Waals surface area contributed by atoms with Crippen LogP contribution in [0.5, 0.6) is 11.5 Å². The third kappa shape index (κ3) is 4.18. The molecule has 0 saturated heterocycles. The van der Waals surface area contributed by atoms with Crippen LogP contribution >= 0.6 is 11.8 Å². The van der Waals surface area contributed by atoms with E-state index in [0.717, 1.165) is 16.2 Å². The SMILES string of the molecule is CCOC(=O)[C@@H](Sc1ccc(O)cc1)c1ccc(OC)cc1. The quantitative estimate of drug-likeness (QED) is 0.648. The summed E-state index contributed by atoms with van der Waals surface area (Å²) in [7, 11) is 1.60.